The molecule has 3 heteroatoms. The molecule has 2 aromatic rings. The number of nitrogens with one attached hydrogen (secondary N) is 1. The van der Waals surface area contributed by atoms with Gasteiger partial charge in [0, 0.05) is 18.7 Å². The summed E-state index contributed by atoms with van der Waals surface area (Å²) in [5.41, 5.74) is 2.07. The van der Waals surface area contributed by atoms with Crippen LogP contribution < -0.4 is 5.32 Å². The van der Waals surface area contributed by atoms with Crippen LogP contribution in [0, 0.1) is 11.8 Å². The molecule has 0 spiro atoms. The van der Waals surface area contributed by atoms with E-state index < -0.39 is 0 Å². The Morgan fingerprint density at radius 1 is 1.05 bits per heavy atom. The molecule has 0 aromatic heterocycles. The molecule has 0 fully saturated rings. The van der Waals surface area contributed by atoms with Crippen LogP contribution in [0.2, 0.25) is 0 Å². The summed E-state index contributed by atoms with van der Waals surface area (Å²) in [6, 6.07) is 19.6. The largest absolute Gasteiger partial charge is 0.327 e. The summed E-state index contributed by atoms with van der Waals surface area (Å²) >= 11 is 0. The van der Waals surface area contributed by atoms with E-state index in [0.29, 0.717) is 19.6 Å². The van der Waals surface area contributed by atoms with Gasteiger partial charge in [-0.25, -0.2) is 4.79 Å². The van der Waals surface area contributed by atoms with E-state index >= 15 is 0 Å². The maximum Gasteiger partial charge on any atom is 0.318 e. The highest BCUT2D eigenvalue weighted by molar-refractivity contribution is 5.74. The molecule has 0 saturated heterocycles. The van der Waals surface area contributed by atoms with Crippen LogP contribution in [-0.4, -0.2) is 24.0 Å². The molecule has 3 nitrogen and oxygen atoms in total. The van der Waals surface area contributed by atoms with Gasteiger partial charge in [0.2, 0.25) is 0 Å². The van der Waals surface area contributed by atoms with Crippen molar-refractivity contribution in [2.24, 2.45) is 0 Å². The third-order valence-corrected chi connectivity index (χ3v) is 3.22. The molecule has 0 aliphatic rings. The van der Waals surface area contributed by atoms with Gasteiger partial charge in [-0.2, -0.15) is 0 Å². The maximum absolute atomic E-state index is 12.1. The third kappa shape index (κ3) is 4.99. The number of nitrogens with zero attached hydrogens (tertiary/aromatic N) is 1. The molecule has 0 bridgehead atoms. The third-order valence-electron chi connectivity index (χ3n) is 3.22. The fourth-order valence-electron chi connectivity index (χ4n) is 2.03. The van der Waals surface area contributed by atoms with Crippen molar-refractivity contribution in [2.45, 2.75) is 13.5 Å². The molecular formula is C19H20N2O. The van der Waals surface area contributed by atoms with Crippen molar-refractivity contribution in [2.75, 3.05) is 13.1 Å². The van der Waals surface area contributed by atoms with Crippen LogP contribution in [-0.2, 0) is 6.54 Å². The lowest BCUT2D eigenvalue weighted by Gasteiger charge is -2.20. The first-order valence-corrected chi connectivity index (χ1v) is 7.40. The Balaban J connectivity index is 1.84. The molecule has 0 saturated carbocycles. The summed E-state index contributed by atoms with van der Waals surface area (Å²) in [4.78, 5) is 13.9. The number of hydrogen-bond donors (Lipinski definition) is 1. The van der Waals surface area contributed by atoms with Crippen molar-refractivity contribution >= 4 is 6.03 Å². The summed E-state index contributed by atoms with van der Waals surface area (Å²) in [7, 11) is 0. The zero-order valence-electron chi connectivity index (χ0n) is 12.8. The second-order valence-electron chi connectivity index (χ2n) is 4.83. The van der Waals surface area contributed by atoms with E-state index in [-0.39, 0.29) is 6.03 Å². The number of urea groups is 1. The van der Waals surface area contributed by atoms with E-state index in [0.717, 1.165) is 11.1 Å². The summed E-state index contributed by atoms with van der Waals surface area (Å²) < 4.78 is 0. The lowest BCUT2D eigenvalue weighted by Crippen LogP contribution is -2.39. The second kappa shape index (κ2) is 8.53. The fraction of sp³-hybridized carbons (Fsp3) is 0.211. The molecule has 0 aliphatic carbocycles. The molecule has 0 heterocycles. The Labute approximate surface area is 132 Å². The number of hydrogen-bond acceptors (Lipinski definition) is 1. The number of carbonyl (C=O) groups excluding carboxylic acids is 1. The fourth-order valence-corrected chi connectivity index (χ4v) is 2.03. The molecule has 0 radical (unpaired) electrons. The van der Waals surface area contributed by atoms with Crippen molar-refractivity contribution < 1.29 is 4.79 Å². The van der Waals surface area contributed by atoms with Crippen molar-refractivity contribution in [3.63, 3.8) is 0 Å². The Morgan fingerprint density at radius 2 is 1.68 bits per heavy atom. The monoisotopic (exact) mass is 292 g/mol. The molecular weight excluding hydrogens is 272 g/mol. The van der Waals surface area contributed by atoms with E-state index in [1.165, 1.54) is 0 Å². The zero-order chi connectivity index (χ0) is 15.6. The standard InChI is InChI=1S/C19H20N2O/c1-2-21(16-18-12-7-4-8-13-18)19(22)20-15-9-14-17-10-5-3-6-11-17/h3-8,10-13H,2,15-16H2,1H3,(H,20,22). The first-order valence-electron chi connectivity index (χ1n) is 7.40. The number of amides is 2. The molecule has 0 unspecified atom stereocenters. The minimum Gasteiger partial charge on any atom is -0.327 e. The second-order valence-corrected chi connectivity index (χ2v) is 4.83. The van der Waals surface area contributed by atoms with Crippen LogP contribution in [0.25, 0.3) is 0 Å². The van der Waals surface area contributed by atoms with Crippen LogP contribution >= 0.6 is 0 Å². The number of benzene rings is 2. The summed E-state index contributed by atoms with van der Waals surface area (Å²) in [5.74, 6) is 5.99. The van der Waals surface area contributed by atoms with Crippen LogP contribution in [0.4, 0.5) is 4.79 Å². The quantitative estimate of drug-likeness (QED) is 0.862. The van der Waals surface area contributed by atoms with Gasteiger partial charge in [0.25, 0.3) is 0 Å². The van der Waals surface area contributed by atoms with Crippen molar-refractivity contribution in [1.82, 2.24) is 10.2 Å². The van der Waals surface area contributed by atoms with Crippen LogP contribution in [0.15, 0.2) is 60.7 Å². The highest BCUT2D eigenvalue weighted by Gasteiger charge is 2.10. The first-order chi connectivity index (χ1) is 10.8. The normalized spacial score (nSPS) is 9.50. The van der Waals surface area contributed by atoms with Crippen molar-refractivity contribution in [3.05, 3.63) is 71.8 Å². The Hall–Kier alpha value is -2.73. The molecule has 112 valence electrons. The van der Waals surface area contributed by atoms with Gasteiger partial charge in [0.05, 0.1) is 6.54 Å². The average molecular weight is 292 g/mol. The molecule has 2 amide bonds. The van der Waals surface area contributed by atoms with Gasteiger partial charge >= 0.3 is 6.03 Å². The molecule has 2 aromatic carbocycles. The summed E-state index contributed by atoms with van der Waals surface area (Å²) in [6.07, 6.45) is 0. The highest BCUT2D eigenvalue weighted by atomic mass is 16.2. The predicted octanol–water partition coefficient (Wildman–Crippen LogP) is 3.27. The topological polar surface area (TPSA) is 32.3 Å². The lowest BCUT2D eigenvalue weighted by atomic mass is 10.2. The van der Waals surface area contributed by atoms with Gasteiger partial charge in [-0.15, -0.1) is 0 Å². The Bertz CT molecular complexity index is 641. The van der Waals surface area contributed by atoms with Gasteiger partial charge in [0.1, 0.15) is 0 Å². The van der Waals surface area contributed by atoms with Gasteiger partial charge in [0.15, 0.2) is 0 Å². The van der Waals surface area contributed by atoms with Gasteiger partial charge in [-0.1, -0.05) is 60.4 Å². The Morgan fingerprint density at radius 3 is 2.32 bits per heavy atom. The molecule has 22 heavy (non-hydrogen) atoms. The van der Waals surface area contributed by atoms with Crippen LogP contribution in [0.5, 0.6) is 0 Å². The van der Waals surface area contributed by atoms with Crippen LogP contribution in [0.1, 0.15) is 18.1 Å². The minimum absolute atomic E-state index is 0.0892. The summed E-state index contributed by atoms with van der Waals surface area (Å²) in [6.45, 7) is 3.58. The SMILES string of the molecule is CCN(Cc1ccccc1)C(=O)NCC#Cc1ccccc1. The predicted molar refractivity (Wildman–Crippen MR) is 89.2 cm³/mol. The highest BCUT2D eigenvalue weighted by Crippen LogP contribution is 2.04. The summed E-state index contributed by atoms with van der Waals surface area (Å²) in [5, 5.41) is 2.84. The van der Waals surface area contributed by atoms with Crippen LogP contribution in [0.3, 0.4) is 0 Å². The molecule has 0 atom stereocenters. The van der Waals surface area contributed by atoms with Crippen molar-refractivity contribution in [1.29, 1.82) is 0 Å². The van der Waals surface area contributed by atoms with Gasteiger partial charge < -0.3 is 10.2 Å². The average Bonchev–Trinajstić information content (AvgIpc) is 2.58. The number of rotatable bonds is 4. The van der Waals surface area contributed by atoms with E-state index in [9.17, 15) is 4.79 Å². The van der Waals surface area contributed by atoms with Crippen molar-refractivity contribution in [3.8, 4) is 11.8 Å². The maximum atomic E-state index is 12.1. The zero-order valence-corrected chi connectivity index (χ0v) is 12.8. The van der Waals surface area contributed by atoms with E-state index in [1.807, 2.05) is 67.6 Å². The molecule has 1 N–H and O–H groups in total. The number of carbonyl (C=O) groups is 1. The van der Waals surface area contributed by atoms with E-state index in [1.54, 1.807) is 4.90 Å². The Kier molecular flexibility index (Phi) is 6.07. The van der Waals surface area contributed by atoms with E-state index in [2.05, 4.69) is 17.2 Å². The molecule has 0 aliphatic heterocycles. The lowest BCUT2D eigenvalue weighted by molar-refractivity contribution is 0.199. The minimum atomic E-state index is -0.0892. The first kappa shape index (κ1) is 15.7. The van der Waals surface area contributed by atoms with Gasteiger partial charge in [-0.05, 0) is 24.6 Å². The smallest absolute Gasteiger partial charge is 0.318 e. The van der Waals surface area contributed by atoms with E-state index in [4.69, 9.17) is 0 Å². The van der Waals surface area contributed by atoms with Gasteiger partial charge in [-0.3, -0.25) is 0 Å². The molecule has 2 rings (SSSR count).